The number of rotatable bonds is 1. The Hall–Kier alpha value is -1.06. The first-order valence-corrected chi connectivity index (χ1v) is 4.44. The molecule has 1 aliphatic rings. The standard InChI is InChI=1S/C8H12O8/c1-2(9)15-8(14)6-4(11)3(10)5(12)7(13)16-6/h3-7,10-13H,1H3/t3-,4+,5+,6-,7-/m0/s1. The first kappa shape index (κ1) is 13.0. The van der Waals surface area contributed by atoms with Crippen LogP contribution in [0.5, 0.6) is 0 Å². The summed E-state index contributed by atoms with van der Waals surface area (Å²) in [6, 6.07) is 0. The molecule has 0 bridgehead atoms. The molecule has 8 heteroatoms. The summed E-state index contributed by atoms with van der Waals surface area (Å²) in [6.45, 7) is 0.967. The van der Waals surface area contributed by atoms with Gasteiger partial charge in [-0.3, -0.25) is 4.79 Å². The van der Waals surface area contributed by atoms with Crippen LogP contribution in [0, 0.1) is 0 Å². The van der Waals surface area contributed by atoms with Gasteiger partial charge in [0.2, 0.25) is 0 Å². The Kier molecular flexibility index (Phi) is 3.94. The minimum Gasteiger partial charge on any atom is -0.391 e. The molecule has 1 saturated heterocycles. The summed E-state index contributed by atoms with van der Waals surface area (Å²) < 4.78 is 8.64. The number of carbonyl (C=O) groups excluding carboxylic acids is 2. The molecule has 0 saturated carbocycles. The van der Waals surface area contributed by atoms with Gasteiger partial charge in [0, 0.05) is 6.92 Å². The highest BCUT2D eigenvalue weighted by atomic mass is 16.7. The van der Waals surface area contributed by atoms with Gasteiger partial charge in [-0.05, 0) is 0 Å². The molecule has 92 valence electrons. The number of aliphatic hydroxyl groups excluding tert-OH is 4. The van der Waals surface area contributed by atoms with Gasteiger partial charge in [0.25, 0.3) is 0 Å². The highest BCUT2D eigenvalue weighted by Crippen LogP contribution is 2.20. The lowest BCUT2D eigenvalue weighted by atomic mass is 9.99. The van der Waals surface area contributed by atoms with Crippen LogP contribution in [0.1, 0.15) is 6.92 Å². The average Bonchev–Trinajstić information content (AvgIpc) is 2.19. The molecule has 8 nitrogen and oxygen atoms in total. The molecule has 0 aromatic rings. The van der Waals surface area contributed by atoms with Crippen molar-refractivity contribution in [3.63, 3.8) is 0 Å². The van der Waals surface area contributed by atoms with Crippen molar-refractivity contribution in [1.29, 1.82) is 0 Å². The maximum atomic E-state index is 11.2. The summed E-state index contributed by atoms with van der Waals surface area (Å²) in [5, 5.41) is 36.8. The maximum absolute atomic E-state index is 11.2. The molecule has 0 radical (unpaired) electrons. The zero-order valence-corrected chi connectivity index (χ0v) is 8.31. The van der Waals surface area contributed by atoms with Crippen molar-refractivity contribution in [2.24, 2.45) is 0 Å². The number of hydrogen-bond acceptors (Lipinski definition) is 8. The smallest absolute Gasteiger partial charge is 0.345 e. The van der Waals surface area contributed by atoms with Crippen LogP contribution in [0.4, 0.5) is 0 Å². The van der Waals surface area contributed by atoms with Gasteiger partial charge in [-0.15, -0.1) is 0 Å². The van der Waals surface area contributed by atoms with Gasteiger partial charge in [0.15, 0.2) is 12.4 Å². The largest absolute Gasteiger partial charge is 0.391 e. The van der Waals surface area contributed by atoms with E-state index in [0.717, 1.165) is 6.92 Å². The van der Waals surface area contributed by atoms with Crippen molar-refractivity contribution in [2.75, 3.05) is 0 Å². The Balaban J connectivity index is 2.73. The minimum absolute atomic E-state index is 0.920. The van der Waals surface area contributed by atoms with Crippen LogP contribution < -0.4 is 0 Å². The van der Waals surface area contributed by atoms with Crippen LogP contribution in [0.3, 0.4) is 0 Å². The lowest BCUT2D eigenvalue weighted by molar-refractivity contribution is -0.280. The molecule has 16 heavy (non-hydrogen) atoms. The number of aliphatic hydroxyl groups is 4. The van der Waals surface area contributed by atoms with Crippen LogP contribution >= 0.6 is 0 Å². The van der Waals surface area contributed by atoms with E-state index in [4.69, 9.17) is 10.2 Å². The number of carbonyl (C=O) groups is 2. The minimum atomic E-state index is -1.84. The summed E-state index contributed by atoms with van der Waals surface area (Å²) in [6.07, 6.45) is -8.87. The summed E-state index contributed by atoms with van der Waals surface area (Å²) in [5.74, 6) is -2.17. The Bertz CT molecular complexity index is 290. The third-order valence-electron chi connectivity index (χ3n) is 2.06. The van der Waals surface area contributed by atoms with Crippen molar-refractivity contribution in [3.05, 3.63) is 0 Å². The molecule has 1 fully saturated rings. The topological polar surface area (TPSA) is 134 Å². The van der Waals surface area contributed by atoms with E-state index in [2.05, 4.69) is 9.47 Å². The molecule has 0 aromatic carbocycles. The lowest BCUT2D eigenvalue weighted by Crippen LogP contribution is -2.60. The Morgan fingerprint density at radius 1 is 1.06 bits per heavy atom. The molecule has 1 rings (SSSR count). The van der Waals surface area contributed by atoms with Gasteiger partial charge in [0.05, 0.1) is 0 Å². The molecule has 0 aliphatic carbocycles. The molecule has 0 spiro atoms. The van der Waals surface area contributed by atoms with Gasteiger partial charge in [-0.25, -0.2) is 4.79 Å². The molecule has 5 atom stereocenters. The zero-order chi connectivity index (χ0) is 12.5. The fourth-order valence-electron chi connectivity index (χ4n) is 1.26. The van der Waals surface area contributed by atoms with Crippen LogP contribution in [0.25, 0.3) is 0 Å². The van der Waals surface area contributed by atoms with Crippen LogP contribution in [0.2, 0.25) is 0 Å². The van der Waals surface area contributed by atoms with E-state index < -0.39 is 42.6 Å². The van der Waals surface area contributed by atoms with E-state index in [1.807, 2.05) is 0 Å². The van der Waals surface area contributed by atoms with Gasteiger partial charge in [-0.2, -0.15) is 0 Å². The van der Waals surface area contributed by atoms with Gasteiger partial charge in [-0.1, -0.05) is 0 Å². The van der Waals surface area contributed by atoms with E-state index in [0.29, 0.717) is 0 Å². The second-order valence-electron chi connectivity index (χ2n) is 3.33. The average molecular weight is 236 g/mol. The predicted octanol–water partition coefficient (Wildman–Crippen LogP) is -3.12. The first-order chi connectivity index (χ1) is 7.34. The summed E-state index contributed by atoms with van der Waals surface area (Å²) in [7, 11) is 0. The Morgan fingerprint density at radius 2 is 1.62 bits per heavy atom. The van der Waals surface area contributed by atoms with Crippen LogP contribution in [0.15, 0.2) is 0 Å². The monoisotopic (exact) mass is 236 g/mol. The molecule has 1 aliphatic heterocycles. The van der Waals surface area contributed by atoms with Crippen LogP contribution in [-0.2, 0) is 19.1 Å². The molecule has 1 heterocycles. The summed E-state index contributed by atoms with van der Waals surface area (Å²) in [4.78, 5) is 21.7. The Morgan fingerprint density at radius 3 is 2.12 bits per heavy atom. The molecular formula is C8H12O8. The first-order valence-electron chi connectivity index (χ1n) is 4.44. The van der Waals surface area contributed by atoms with Crippen molar-refractivity contribution in [3.8, 4) is 0 Å². The van der Waals surface area contributed by atoms with Crippen molar-refractivity contribution in [2.45, 2.75) is 37.6 Å². The molecular weight excluding hydrogens is 224 g/mol. The van der Waals surface area contributed by atoms with Crippen LogP contribution in [-0.4, -0.2) is 63.1 Å². The number of esters is 2. The molecule has 0 aromatic heterocycles. The van der Waals surface area contributed by atoms with E-state index in [-0.39, 0.29) is 0 Å². The van der Waals surface area contributed by atoms with Gasteiger partial charge in [0.1, 0.15) is 18.3 Å². The van der Waals surface area contributed by atoms with Gasteiger partial charge >= 0.3 is 11.9 Å². The third-order valence-corrected chi connectivity index (χ3v) is 2.06. The van der Waals surface area contributed by atoms with Crippen molar-refractivity contribution >= 4 is 11.9 Å². The highest BCUT2D eigenvalue weighted by Gasteiger charge is 2.47. The summed E-state index contributed by atoms with van der Waals surface area (Å²) in [5.41, 5.74) is 0. The molecule has 0 amide bonds. The fraction of sp³-hybridized carbons (Fsp3) is 0.750. The second-order valence-corrected chi connectivity index (χ2v) is 3.33. The van der Waals surface area contributed by atoms with E-state index in [1.165, 1.54) is 0 Å². The zero-order valence-electron chi connectivity index (χ0n) is 8.31. The number of hydrogen-bond donors (Lipinski definition) is 4. The van der Waals surface area contributed by atoms with E-state index in [1.54, 1.807) is 0 Å². The van der Waals surface area contributed by atoms with Crippen molar-refractivity contribution in [1.82, 2.24) is 0 Å². The quantitative estimate of drug-likeness (QED) is 0.277. The van der Waals surface area contributed by atoms with Crippen molar-refractivity contribution < 1.29 is 39.5 Å². The second kappa shape index (κ2) is 4.85. The normalized spacial score (nSPS) is 39.2. The molecule has 0 unspecified atom stereocenters. The number of ether oxygens (including phenoxy) is 2. The lowest BCUT2D eigenvalue weighted by Gasteiger charge is -2.36. The maximum Gasteiger partial charge on any atom is 0.345 e. The highest BCUT2D eigenvalue weighted by molar-refractivity contribution is 5.87. The fourth-order valence-corrected chi connectivity index (χ4v) is 1.26. The third kappa shape index (κ3) is 2.54. The van der Waals surface area contributed by atoms with Gasteiger partial charge < -0.3 is 29.9 Å². The summed E-state index contributed by atoms with van der Waals surface area (Å²) >= 11 is 0. The molecule has 4 N–H and O–H groups in total. The Labute approximate surface area is 90.0 Å². The predicted molar refractivity (Wildman–Crippen MR) is 45.7 cm³/mol. The SMILES string of the molecule is CC(=O)OC(=O)[C@H]1O[C@H](O)[C@H](O)[C@@H](O)[C@H]1O. The van der Waals surface area contributed by atoms with E-state index in [9.17, 15) is 19.8 Å². The van der Waals surface area contributed by atoms with E-state index >= 15 is 0 Å².